The lowest BCUT2D eigenvalue weighted by atomic mass is 10.0. The Morgan fingerprint density at radius 3 is 2.28 bits per heavy atom. The molecule has 5 rings (SSSR count). The zero-order valence-corrected chi connectivity index (χ0v) is 31.9. The van der Waals surface area contributed by atoms with Crippen molar-refractivity contribution in [1.82, 2.24) is 15.2 Å². The van der Waals surface area contributed by atoms with E-state index in [-0.39, 0.29) is 34.8 Å². The number of β-lactam (4-membered cyclic amide) rings is 1. The van der Waals surface area contributed by atoms with Gasteiger partial charge in [-0.15, -0.1) is 34.7 Å². The molecule has 1 saturated heterocycles. The molecule has 0 unspecified atom stereocenters. The highest BCUT2D eigenvalue weighted by Gasteiger charge is 2.55. The number of aromatic nitrogens is 1. The lowest BCUT2D eigenvalue weighted by Gasteiger charge is -2.49. The van der Waals surface area contributed by atoms with E-state index in [0.717, 1.165) is 11.3 Å². The van der Waals surface area contributed by atoms with Crippen molar-refractivity contribution >= 4 is 81.2 Å². The summed E-state index contributed by atoms with van der Waals surface area (Å²) in [5, 5.41) is 9.71. The Labute approximate surface area is 323 Å². The second kappa shape index (κ2) is 17.7. The number of hydrogen-bond donors (Lipinski definition) is 2. The molecular formula is C36H36ClN5O10S2. The predicted octanol–water partition coefficient (Wildman–Crippen LogP) is 3.93. The van der Waals surface area contributed by atoms with Crippen LogP contribution < -0.4 is 10.6 Å². The Morgan fingerprint density at radius 2 is 1.69 bits per heavy atom. The van der Waals surface area contributed by atoms with Crippen molar-refractivity contribution in [3.8, 4) is 0 Å². The van der Waals surface area contributed by atoms with Gasteiger partial charge in [0.2, 0.25) is 12.5 Å². The van der Waals surface area contributed by atoms with Crippen LogP contribution in [0, 0.1) is 0 Å². The van der Waals surface area contributed by atoms with Crippen molar-refractivity contribution in [2.24, 2.45) is 5.16 Å². The first kappa shape index (κ1) is 39.9. The van der Waals surface area contributed by atoms with Crippen LogP contribution in [-0.2, 0) is 47.8 Å². The van der Waals surface area contributed by atoms with E-state index in [9.17, 15) is 28.8 Å². The zero-order chi connectivity index (χ0) is 39.0. The van der Waals surface area contributed by atoms with E-state index in [1.807, 2.05) is 60.7 Å². The molecule has 3 heterocycles. The molecule has 1 aromatic heterocycles. The number of oxime groups is 1. The molecule has 2 aromatic carbocycles. The Kier molecular flexibility index (Phi) is 13.1. The lowest BCUT2D eigenvalue weighted by Crippen LogP contribution is -2.71. The number of thioether (sulfide) groups is 1. The summed E-state index contributed by atoms with van der Waals surface area (Å²) in [6.07, 6.45) is -0.834. The van der Waals surface area contributed by atoms with Gasteiger partial charge in [0.15, 0.2) is 16.9 Å². The van der Waals surface area contributed by atoms with Crippen molar-refractivity contribution in [2.45, 2.75) is 50.8 Å². The Hall–Kier alpha value is -5.26. The third-order valence-electron chi connectivity index (χ3n) is 7.49. The van der Waals surface area contributed by atoms with Gasteiger partial charge < -0.3 is 29.7 Å². The summed E-state index contributed by atoms with van der Waals surface area (Å²) in [7, 11) is 0. The monoisotopic (exact) mass is 797 g/mol. The number of thiazole rings is 1. The van der Waals surface area contributed by atoms with Crippen LogP contribution in [0.5, 0.6) is 0 Å². The number of alkyl halides is 1. The topological polar surface area (TPSA) is 192 Å². The number of nitrogens with zero attached hydrogens (tertiary/aromatic N) is 3. The number of esters is 3. The number of nitrogens with one attached hydrogen (secondary N) is 2. The zero-order valence-electron chi connectivity index (χ0n) is 29.5. The number of anilines is 1. The molecule has 0 spiro atoms. The fourth-order valence-electron chi connectivity index (χ4n) is 5.25. The van der Waals surface area contributed by atoms with Crippen LogP contribution in [0.2, 0.25) is 0 Å². The van der Waals surface area contributed by atoms with Gasteiger partial charge in [-0.3, -0.25) is 24.1 Å². The first-order valence-electron chi connectivity index (χ1n) is 16.4. The second-order valence-electron chi connectivity index (χ2n) is 12.7. The number of halogens is 1. The SMILES string of the molecule is CC(=O)OCC1=C(C(=O)OC(c2ccccc2)c2ccccc2)N2C(=O)[C@@H](NC(=O)C(=NOCC(=O)OC(C)(C)C)c3csc(NC(=O)CCl)n3)[C@H]2SC1. The average Bonchev–Trinajstić information content (AvgIpc) is 3.60. The molecule has 15 nitrogen and oxygen atoms in total. The number of amides is 3. The quantitative estimate of drug-likeness (QED) is 0.0598. The van der Waals surface area contributed by atoms with Gasteiger partial charge in [0.1, 0.15) is 40.9 Å². The maximum absolute atomic E-state index is 14.1. The number of carbonyl (C=O) groups is 6. The maximum atomic E-state index is 14.1. The first-order chi connectivity index (χ1) is 25.8. The van der Waals surface area contributed by atoms with E-state index in [1.165, 1.54) is 29.0 Å². The molecule has 1 fully saturated rings. The Morgan fingerprint density at radius 1 is 1.04 bits per heavy atom. The van der Waals surface area contributed by atoms with Gasteiger partial charge in [0.25, 0.3) is 11.8 Å². The minimum absolute atomic E-state index is 0.0350. The average molecular weight is 798 g/mol. The van der Waals surface area contributed by atoms with Crippen LogP contribution in [-0.4, -0.2) is 93.1 Å². The number of benzene rings is 2. The van der Waals surface area contributed by atoms with E-state index < -0.39 is 71.1 Å². The summed E-state index contributed by atoms with van der Waals surface area (Å²) < 4.78 is 16.6. The lowest BCUT2D eigenvalue weighted by molar-refractivity contribution is -0.160. The first-order valence-corrected chi connectivity index (χ1v) is 18.9. The molecule has 18 heteroatoms. The summed E-state index contributed by atoms with van der Waals surface area (Å²) >= 11 is 7.80. The van der Waals surface area contributed by atoms with Gasteiger partial charge in [0.05, 0.1) is 0 Å². The highest BCUT2D eigenvalue weighted by molar-refractivity contribution is 8.00. The van der Waals surface area contributed by atoms with Gasteiger partial charge in [0, 0.05) is 23.6 Å². The van der Waals surface area contributed by atoms with Gasteiger partial charge in [-0.1, -0.05) is 65.8 Å². The Bertz CT molecular complexity index is 1930. The van der Waals surface area contributed by atoms with Crippen molar-refractivity contribution < 1.29 is 47.8 Å². The second-order valence-corrected chi connectivity index (χ2v) is 14.9. The van der Waals surface area contributed by atoms with Gasteiger partial charge in [-0.05, 0) is 31.9 Å². The highest BCUT2D eigenvalue weighted by Crippen LogP contribution is 2.42. The molecule has 54 heavy (non-hydrogen) atoms. The smallest absolute Gasteiger partial charge is 0.356 e. The predicted molar refractivity (Wildman–Crippen MR) is 199 cm³/mol. The summed E-state index contributed by atoms with van der Waals surface area (Å²) in [6, 6.07) is 17.0. The van der Waals surface area contributed by atoms with E-state index in [2.05, 4.69) is 20.8 Å². The van der Waals surface area contributed by atoms with E-state index >= 15 is 0 Å². The standard InChI is InChI=1S/C36H36ClN5O10S2/c1-20(43)49-16-23-18-53-33-28(32(47)42(33)29(23)34(48)51-30(21-11-7-5-8-12-21)22-13-9-6-10-14-22)40-31(46)27(41-50-17-26(45)52-36(2,3)4)24-19-54-35(38-24)39-25(44)15-37/h5-14,19,28,30,33H,15-18H2,1-4H3,(H,40,46)(H,38,39,44)/t28-,33-/m1/s1. The fraction of sp³-hybridized carbons (Fsp3) is 0.333. The van der Waals surface area contributed by atoms with Crippen molar-refractivity contribution in [1.29, 1.82) is 0 Å². The van der Waals surface area contributed by atoms with Crippen LogP contribution in [0.4, 0.5) is 5.13 Å². The van der Waals surface area contributed by atoms with E-state index in [0.29, 0.717) is 16.7 Å². The van der Waals surface area contributed by atoms with Gasteiger partial charge >= 0.3 is 17.9 Å². The molecule has 0 saturated carbocycles. The number of hydrogen-bond acceptors (Lipinski definition) is 14. The van der Waals surface area contributed by atoms with Crippen LogP contribution >= 0.6 is 34.7 Å². The minimum Gasteiger partial charge on any atom is -0.461 e. The van der Waals surface area contributed by atoms with Crippen LogP contribution in [0.3, 0.4) is 0 Å². The molecule has 2 aliphatic heterocycles. The largest absolute Gasteiger partial charge is 0.461 e. The third-order valence-corrected chi connectivity index (χ3v) is 9.83. The maximum Gasteiger partial charge on any atom is 0.356 e. The molecule has 0 bridgehead atoms. The van der Waals surface area contributed by atoms with Crippen molar-refractivity contribution in [3.63, 3.8) is 0 Å². The molecule has 2 aliphatic rings. The summed E-state index contributed by atoms with van der Waals surface area (Å²) in [4.78, 5) is 88.1. The number of ether oxygens (including phenoxy) is 3. The molecule has 2 N–H and O–H groups in total. The highest BCUT2D eigenvalue weighted by atomic mass is 35.5. The Balaban J connectivity index is 1.39. The number of carbonyl (C=O) groups excluding carboxylic acids is 6. The van der Waals surface area contributed by atoms with E-state index in [1.54, 1.807) is 20.8 Å². The molecular weight excluding hydrogens is 762 g/mol. The third kappa shape index (κ3) is 10.0. The van der Waals surface area contributed by atoms with Crippen molar-refractivity contribution in [2.75, 3.05) is 30.2 Å². The summed E-state index contributed by atoms with van der Waals surface area (Å²) in [6.45, 7) is 5.34. The van der Waals surface area contributed by atoms with Crippen molar-refractivity contribution in [3.05, 3.63) is 94.1 Å². The van der Waals surface area contributed by atoms with Crippen LogP contribution in [0.25, 0.3) is 0 Å². The molecule has 0 radical (unpaired) electrons. The molecule has 0 aliphatic carbocycles. The molecule has 2 atom stereocenters. The molecule has 3 amide bonds. The minimum atomic E-state index is -1.15. The van der Waals surface area contributed by atoms with Crippen LogP contribution in [0.1, 0.15) is 50.6 Å². The molecule has 3 aromatic rings. The summed E-state index contributed by atoms with van der Waals surface area (Å²) in [5.41, 5.74) is 0.385. The number of rotatable bonds is 14. The number of fused-ring (bicyclic) bond motifs is 1. The normalized spacial score (nSPS) is 16.9. The van der Waals surface area contributed by atoms with Crippen LogP contribution in [0.15, 0.2) is 82.5 Å². The van der Waals surface area contributed by atoms with Gasteiger partial charge in [-0.2, -0.15) is 0 Å². The fourth-order valence-corrected chi connectivity index (χ4v) is 7.35. The van der Waals surface area contributed by atoms with Gasteiger partial charge in [-0.25, -0.2) is 14.6 Å². The van der Waals surface area contributed by atoms with E-state index in [4.69, 9.17) is 30.6 Å². The summed E-state index contributed by atoms with van der Waals surface area (Å²) in [5.74, 6) is -4.41. The molecule has 284 valence electrons.